The van der Waals surface area contributed by atoms with E-state index >= 15 is 0 Å². The molecule has 2 aromatic carbocycles. The first-order chi connectivity index (χ1) is 13.0. The molecule has 2 N–H and O–H groups in total. The van der Waals surface area contributed by atoms with E-state index in [4.69, 9.17) is 10.5 Å². The molecule has 0 saturated carbocycles. The largest absolute Gasteiger partial charge is 0.461 e. The summed E-state index contributed by atoms with van der Waals surface area (Å²) in [6.07, 6.45) is 3.66. The van der Waals surface area contributed by atoms with Crippen molar-refractivity contribution >= 4 is 5.97 Å². The molecule has 1 aromatic heterocycles. The molecule has 3 rings (SSSR count). The van der Waals surface area contributed by atoms with E-state index in [1.54, 1.807) is 6.20 Å². The number of aromatic nitrogens is 1. The van der Waals surface area contributed by atoms with E-state index in [1.807, 2.05) is 48.7 Å². The van der Waals surface area contributed by atoms with Crippen LogP contribution in [0.1, 0.15) is 34.7 Å². The predicted molar refractivity (Wildman–Crippen MR) is 107 cm³/mol. The maximum absolute atomic E-state index is 12.1. The molecule has 0 radical (unpaired) electrons. The van der Waals surface area contributed by atoms with Crippen LogP contribution in [-0.4, -0.2) is 11.0 Å². The Bertz CT molecular complexity index is 902. The molecular weight excluding hydrogens is 336 g/mol. The maximum Gasteiger partial charge on any atom is 0.308 e. The Morgan fingerprint density at radius 3 is 2.44 bits per heavy atom. The Kier molecular flexibility index (Phi) is 5.99. The number of nitrogens with two attached hydrogens (primary N) is 1. The van der Waals surface area contributed by atoms with E-state index < -0.39 is 6.04 Å². The van der Waals surface area contributed by atoms with Crippen LogP contribution >= 0.6 is 0 Å². The average Bonchev–Trinajstić information content (AvgIpc) is 2.67. The van der Waals surface area contributed by atoms with Gasteiger partial charge in [-0.3, -0.25) is 9.78 Å². The Morgan fingerprint density at radius 2 is 1.74 bits per heavy atom. The van der Waals surface area contributed by atoms with E-state index in [1.165, 1.54) is 11.1 Å². The molecule has 0 unspecified atom stereocenters. The Hall–Kier alpha value is -2.98. The van der Waals surface area contributed by atoms with Crippen LogP contribution < -0.4 is 5.73 Å². The van der Waals surface area contributed by atoms with Crippen molar-refractivity contribution in [3.05, 3.63) is 89.2 Å². The molecule has 0 spiro atoms. The van der Waals surface area contributed by atoms with Crippen LogP contribution in [0.3, 0.4) is 0 Å². The molecular formula is C23H24N2O2. The van der Waals surface area contributed by atoms with Gasteiger partial charge in [-0.05, 0) is 47.7 Å². The number of esters is 1. The first-order valence-corrected chi connectivity index (χ1v) is 9.01. The molecule has 0 saturated heterocycles. The van der Waals surface area contributed by atoms with Gasteiger partial charge in [0.2, 0.25) is 0 Å². The number of benzene rings is 2. The van der Waals surface area contributed by atoms with Crippen LogP contribution in [0.25, 0.3) is 11.1 Å². The molecule has 0 bridgehead atoms. The van der Waals surface area contributed by atoms with Crippen molar-refractivity contribution in [1.82, 2.24) is 4.98 Å². The Labute approximate surface area is 160 Å². The van der Waals surface area contributed by atoms with Crippen molar-refractivity contribution in [3.8, 4) is 11.1 Å². The normalized spacial score (nSPS) is 11.8. The van der Waals surface area contributed by atoms with Gasteiger partial charge in [-0.2, -0.15) is 0 Å². The molecule has 4 nitrogen and oxygen atoms in total. The molecule has 27 heavy (non-hydrogen) atoms. The summed E-state index contributed by atoms with van der Waals surface area (Å²) in [5.41, 5.74) is 12.6. The van der Waals surface area contributed by atoms with Crippen LogP contribution in [0, 0.1) is 13.8 Å². The second-order valence-corrected chi connectivity index (χ2v) is 6.73. The molecule has 0 aliphatic rings. The third-order valence-corrected chi connectivity index (χ3v) is 4.59. The van der Waals surface area contributed by atoms with E-state index in [0.29, 0.717) is 0 Å². The standard InChI is InChI=1S/C23H24N2O2/c1-16-7-6-8-17(2)23(16)20-11-19(13-25-14-20)21(24)12-22(26)27-15-18-9-4-3-5-10-18/h3-11,13-14,21H,12,15,24H2,1-2H3/t21-/m1/s1. The molecule has 0 amide bonds. The fourth-order valence-corrected chi connectivity index (χ4v) is 3.16. The first-order valence-electron chi connectivity index (χ1n) is 9.01. The number of hydrogen-bond donors (Lipinski definition) is 1. The summed E-state index contributed by atoms with van der Waals surface area (Å²) in [6, 6.07) is 17.4. The van der Waals surface area contributed by atoms with Gasteiger partial charge in [0.1, 0.15) is 6.61 Å². The number of nitrogens with zero attached hydrogens (tertiary/aromatic N) is 1. The van der Waals surface area contributed by atoms with Gasteiger partial charge >= 0.3 is 5.97 Å². The highest BCUT2D eigenvalue weighted by molar-refractivity contribution is 5.72. The average molecular weight is 360 g/mol. The van der Waals surface area contributed by atoms with Crippen molar-refractivity contribution < 1.29 is 9.53 Å². The summed E-state index contributed by atoms with van der Waals surface area (Å²) in [6.45, 7) is 4.42. The predicted octanol–water partition coefficient (Wildman–Crippen LogP) is 4.50. The number of rotatable bonds is 6. The first kappa shape index (κ1) is 18.8. The van der Waals surface area contributed by atoms with E-state index in [9.17, 15) is 4.79 Å². The highest BCUT2D eigenvalue weighted by Gasteiger charge is 2.15. The minimum Gasteiger partial charge on any atom is -0.461 e. The number of ether oxygens (including phenoxy) is 1. The van der Waals surface area contributed by atoms with E-state index in [2.05, 4.69) is 31.0 Å². The van der Waals surface area contributed by atoms with Gasteiger partial charge in [0.05, 0.1) is 6.42 Å². The summed E-state index contributed by atoms with van der Waals surface area (Å²) in [4.78, 5) is 16.5. The number of carbonyl (C=O) groups is 1. The quantitative estimate of drug-likeness (QED) is 0.657. The van der Waals surface area contributed by atoms with Gasteiger partial charge in [0.15, 0.2) is 0 Å². The highest BCUT2D eigenvalue weighted by Crippen LogP contribution is 2.28. The second kappa shape index (κ2) is 8.60. The number of carbonyl (C=O) groups excluding carboxylic acids is 1. The summed E-state index contributed by atoms with van der Waals surface area (Å²) < 4.78 is 5.33. The molecule has 4 heteroatoms. The van der Waals surface area contributed by atoms with Gasteiger partial charge in [-0.15, -0.1) is 0 Å². The Morgan fingerprint density at radius 1 is 1.04 bits per heavy atom. The molecule has 3 aromatic rings. The van der Waals surface area contributed by atoms with Crippen LogP contribution in [0.5, 0.6) is 0 Å². The molecule has 1 heterocycles. The molecule has 0 fully saturated rings. The molecule has 138 valence electrons. The van der Waals surface area contributed by atoms with Crippen molar-refractivity contribution in [1.29, 1.82) is 0 Å². The lowest BCUT2D eigenvalue weighted by Crippen LogP contribution is -2.17. The monoisotopic (exact) mass is 360 g/mol. The number of hydrogen-bond acceptors (Lipinski definition) is 4. The lowest BCUT2D eigenvalue weighted by molar-refractivity contribution is -0.145. The van der Waals surface area contributed by atoms with Gasteiger partial charge in [-0.25, -0.2) is 0 Å². The van der Waals surface area contributed by atoms with Crippen molar-refractivity contribution in [3.63, 3.8) is 0 Å². The maximum atomic E-state index is 12.1. The smallest absolute Gasteiger partial charge is 0.308 e. The Balaban J connectivity index is 1.68. The fraction of sp³-hybridized carbons (Fsp3) is 0.217. The highest BCUT2D eigenvalue weighted by atomic mass is 16.5. The van der Waals surface area contributed by atoms with Crippen molar-refractivity contribution in [2.75, 3.05) is 0 Å². The molecule has 0 aliphatic carbocycles. The molecule has 1 atom stereocenters. The fourth-order valence-electron chi connectivity index (χ4n) is 3.16. The van der Waals surface area contributed by atoms with Crippen molar-refractivity contribution in [2.45, 2.75) is 32.9 Å². The summed E-state index contributed by atoms with van der Waals surface area (Å²) in [7, 11) is 0. The van der Waals surface area contributed by atoms with Crippen LogP contribution in [0.2, 0.25) is 0 Å². The van der Waals surface area contributed by atoms with Crippen molar-refractivity contribution in [2.24, 2.45) is 5.73 Å². The van der Waals surface area contributed by atoms with E-state index in [0.717, 1.165) is 22.3 Å². The third-order valence-electron chi connectivity index (χ3n) is 4.59. The number of pyridine rings is 1. The zero-order valence-electron chi connectivity index (χ0n) is 15.7. The lowest BCUT2D eigenvalue weighted by Gasteiger charge is -2.14. The number of aryl methyl sites for hydroxylation is 2. The summed E-state index contributed by atoms with van der Waals surface area (Å²) in [5.74, 6) is -0.316. The lowest BCUT2D eigenvalue weighted by atomic mass is 9.95. The zero-order chi connectivity index (χ0) is 19.2. The minimum atomic E-state index is -0.454. The van der Waals surface area contributed by atoms with Crippen LogP contribution in [0.15, 0.2) is 67.0 Å². The summed E-state index contributed by atoms with van der Waals surface area (Å²) >= 11 is 0. The van der Waals surface area contributed by atoms with Gasteiger partial charge in [0, 0.05) is 24.0 Å². The van der Waals surface area contributed by atoms with Crippen LogP contribution in [-0.2, 0) is 16.1 Å². The SMILES string of the molecule is Cc1cccc(C)c1-c1cncc([C@H](N)CC(=O)OCc2ccccc2)c1. The van der Waals surface area contributed by atoms with Gasteiger partial charge in [-0.1, -0.05) is 48.5 Å². The van der Waals surface area contributed by atoms with Crippen LogP contribution in [0.4, 0.5) is 0 Å². The van der Waals surface area contributed by atoms with Gasteiger partial charge in [0.25, 0.3) is 0 Å². The molecule has 0 aliphatic heterocycles. The third kappa shape index (κ3) is 4.80. The van der Waals surface area contributed by atoms with E-state index in [-0.39, 0.29) is 19.0 Å². The zero-order valence-corrected chi connectivity index (χ0v) is 15.7. The van der Waals surface area contributed by atoms with Gasteiger partial charge < -0.3 is 10.5 Å². The topological polar surface area (TPSA) is 65.2 Å². The minimum absolute atomic E-state index is 0.116. The summed E-state index contributed by atoms with van der Waals surface area (Å²) in [5, 5.41) is 0. The second-order valence-electron chi connectivity index (χ2n) is 6.73.